The molecule has 1 aromatic heterocycles. The van der Waals surface area contributed by atoms with Crippen LogP contribution < -0.4 is 0 Å². The summed E-state index contributed by atoms with van der Waals surface area (Å²) in [5, 5.41) is -0.215. The number of amides is 1. The molecule has 0 aromatic carbocycles. The van der Waals surface area contributed by atoms with Gasteiger partial charge < -0.3 is 9.47 Å². The van der Waals surface area contributed by atoms with Crippen molar-refractivity contribution >= 4 is 25.6 Å². The van der Waals surface area contributed by atoms with Gasteiger partial charge in [0.05, 0.1) is 0 Å². The lowest BCUT2D eigenvalue weighted by Crippen LogP contribution is -2.34. The molecule has 19 heavy (non-hydrogen) atoms. The van der Waals surface area contributed by atoms with Crippen molar-refractivity contribution in [2.75, 3.05) is 13.1 Å². The maximum Gasteiger partial charge on any atom is 0.280 e. The lowest BCUT2D eigenvalue weighted by Gasteiger charge is -2.21. The van der Waals surface area contributed by atoms with Crippen LogP contribution in [-0.2, 0) is 13.8 Å². The molecule has 106 valence electrons. The maximum atomic E-state index is 12.3. The van der Waals surface area contributed by atoms with E-state index in [2.05, 4.69) is 4.98 Å². The molecule has 1 saturated heterocycles. The topological polar surface area (TPSA) is 72.3 Å². The molecule has 0 radical (unpaired) electrons. The molecule has 1 amide bonds. The van der Waals surface area contributed by atoms with E-state index in [4.69, 9.17) is 10.7 Å². The van der Waals surface area contributed by atoms with Crippen molar-refractivity contribution in [1.29, 1.82) is 0 Å². The predicted octanol–water partition coefficient (Wildman–Crippen LogP) is 1.30. The fourth-order valence-corrected chi connectivity index (χ4v) is 2.99. The molecule has 1 atom stereocenters. The Morgan fingerprint density at radius 2 is 2.00 bits per heavy atom. The monoisotopic (exact) mass is 305 g/mol. The van der Waals surface area contributed by atoms with Gasteiger partial charge in [0.15, 0.2) is 5.03 Å². The molecular weight excluding hydrogens is 290 g/mol. The van der Waals surface area contributed by atoms with Crippen LogP contribution in [0.15, 0.2) is 11.2 Å². The number of hydrogen-bond donors (Lipinski definition) is 0. The van der Waals surface area contributed by atoms with Gasteiger partial charge in [0.25, 0.3) is 9.05 Å². The van der Waals surface area contributed by atoms with Crippen LogP contribution in [0.3, 0.4) is 0 Å². The molecule has 1 fully saturated rings. The largest absolute Gasteiger partial charge is 0.341 e. The molecule has 2 heterocycles. The molecule has 0 saturated carbocycles. The number of likely N-dealkylation sites (tertiary alicyclic amines) is 1. The maximum absolute atomic E-state index is 12.3. The number of halogens is 1. The highest BCUT2D eigenvalue weighted by atomic mass is 35.7. The predicted molar refractivity (Wildman–Crippen MR) is 70.5 cm³/mol. The van der Waals surface area contributed by atoms with Crippen LogP contribution in [0.1, 0.15) is 31.6 Å². The molecule has 1 aliphatic rings. The molecule has 0 N–H and O–H groups in total. The Balaban J connectivity index is 2.26. The van der Waals surface area contributed by atoms with Crippen LogP contribution in [0, 0.1) is 6.92 Å². The zero-order chi connectivity index (χ0) is 14.2. The number of carbonyl (C=O) groups excluding carboxylic acids is 1. The van der Waals surface area contributed by atoms with E-state index in [1.54, 1.807) is 23.3 Å². The number of aryl methyl sites for hydroxylation is 1. The van der Waals surface area contributed by atoms with E-state index in [0.29, 0.717) is 5.82 Å². The first-order valence-electron chi connectivity index (χ1n) is 6.09. The zero-order valence-electron chi connectivity index (χ0n) is 10.8. The van der Waals surface area contributed by atoms with E-state index in [1.165, 1.54) is 6.20 Å². The molecule has 1 unspecified atom stereocenters. The van der Waals surface area contributed by atoms with Crippen LogP contribution in [0.5, 0.6) is 0 Å². The van der Waals surface area contributed by atoms with Crippen molar-refractivity contribution in [2.45, 2.75) is 37.8 Å². The summed E-state index contributed by atoms with van der Waals surface area (Å²) in [5.41, 5.74) is 0. The van der Waals surface area contributed by atoms with Crippen molar-refractivity contribution < 1.29 is 13.2 Å². The van der Waals surface area contributed by atoms with Crippen LogP contribution in [0.25, 0.3) is 0 Å². The number of carbonyl (C=O) groups is 1. The van der Waals surface area contributed by atoms with Crippen molar-refractivity contribution in [3.8, 4) is 0 Å². The number of hydrogen-bond acceptors (Lipinski definition) is 4. The van der Waals surface area contributed by atoms with E-state index in [1.807, 2.05) is 0 Å². The van der Waals surface area contributed by atoms with Gasteiger partial charge >= 0.3 is 0 Å². The summed E-state index contributed by atoms with van der Waals surface area (Å²) in [4.78, 5) is 17.9. The third kappa shape index (κ3) is 2.92. The van der Waals surface area contributed by atoms with Gasteiger partial charge in [0.1, 0.15) is 11.9 Å². The van der Waals surface area contributed by atoms with E-state index in [-0.39, 0.29) is 10.9 Å². The van der Waals surface area contributed by atoms with Crippen LogP contribution in [0.4, 0.5) is 0 Å². The molecule has 1 aliphatic heterocycles. The highest BCUT2D eigenvalue weighted by Gasteiger charge is 2.27. The normalized spacial score (nSPS) is 17.7. The third-order valence-electron chi connectivity index (χ3n) is 3.34. The van der Waals surface area contributed by atoms with Gasteiger partial charge in [0, 0.05) is 30.0 Å². The van der Waals surface area contributed by atoms with Gasteiger partial charge in [-0.2, -0.15) is 0 Å². The third-order valence-corrected chi connectivity index (χ3v) is 4.51. The van der Waals surface area contributed by atoms with E-state index in [0.717, 1.165) is 25.9 Å². The zero-order valence-corrected chi connectivity index (χ0v) is 12.4. The van der Waals surface area contributed by atoms with Crippen molar-refractivity contribution in [1.82, 2.24) is 14.5 Å². The molecule has 1 aromatic rings. The van der Waals surface area contributed by atoms with E-state index < -0.39 is 15.1 Å². The van der Waals surface area contributed by atoms with E-state index >= 15 is 0 Å². The molecular formula is C11H16ClN3O3S. The van der Waals surface area contributed by atoms with Crippen LogP contribution in [0.2, 0.25) is 0 Å². The first-order valence-corrected chi connectivity index (χ1v) is 8.40. The summed E-state index contributed by atoms with van der Waals surface area (Å²) in [7, 11) is 1.39. The highest BCUT2D eigenvalue weighted by molar-refractivity contribution is 8.13. The molecule has 8 heteroatoms. The average Bonchev–Trinajstić information content (AvgIpc) is 2.94. The lowest BCUT2D eigenvalue weighted by molar-refractivity contribution is -0.133. The summed E-state index contributed by atoms with van der Waals surface area (Å²) in [6, 6.07) is -0.474. The van der Waals surface area contributed by atoms with Gasteiger partial charge in [-0.3, -0.25) is 4.79 Å². The van der Waals surface area contributed by atoms with Gasteiger partial charge in [-0.1, -0.05) is 0 Å². The van der Waals surface area contributed by atoms with E-state index in [9.17, 15) is 13.2 Å². The van der Waals surface area contributed by atoms with Gasteiger partial charge in [-0.05, 0) is 26.7 Å². The van der Waals surface area contributed by atoms with Crippen LogP contribution in [-0.4, -0.2) is 41.9 Å². The summed E-state index contributed by atoms with van der Waals surface area (Å²) in [6.45, 7) is 4.91. The Morgan fingerprint density at radius 1 is 1.42 bits per heavy atom. The molecule has 0 spiro atoms. The summed E-state index contributed by atoms with van der Waals surface area (Å²) < 4.78 is 24.0. The lowest BCUT2D eigenvalue weighted by atomic mass is 10.3. The number of imidazole rings is 1. The summed E-state index contributed by atoms with van der Waals surface area (Å²) in [6.07, 6.45) is 3.35. The average molecular weight is 306 g/mol. The standard InChI is InChI=1S/C11H16ClN3O3S/c1-8(11(16)14-5-3-4-6-14)15-7-10(13-9(15)2)19(12,17)18/h7-8H,3-6H2,1-2H3. The quantitative estimate of drug-likeness (QED) is 0.789. The number of nitrogens with zero attached hydrogens (tertiary/aromatic N) is 3. The molecule has 0 aliphatic carbocycles. The Labute approximate surface area is 116 Å². The second-order valence-electron chi connectivity index (χ2n) is 4.68. The molecule has 6 nitrogen and oxygen atoms in total. The minimum atomic E-state index is -3.87. The highest BCUT2D eigenvalue weighted by Crippen LogP contribution is 2.21. The SMILES string of the molecule is Cc1nc(S(=O)(=O)Cl)cn1C(C)C(=O)N1CCCC1. The Bertz CT molecular complexity index is 590. The first-order chi connectivity index (χ1) is 8.80. The van der Waals surface area contributed by atoms with Crippen molar-refractivity contribution in [3.63, 3.8) is 0 Å². The second kappa shape index (κ2) is 5.13. The number of rotatable bonds is 3. The first kappa shape index (κ1) is 14.3. The van der Waals surface area contributed by atoms with Crippen LogP contribution >= 0.6 is 10.7 Å². The Hall–Kier alpha value is -1.08. The Morgan fingerprint density at radius 3 is 2.47 bits per heavy atom. The van der Waals surface area contributed by atoms with Crippen molar-refractivity contribution in [2.24, 2.45) is 0 Å². The Kier molecular flexibility index (Phi) is 3.87. The summed E-state index contributed by atoms with van der Waals surface area (Å²) in [5.74, 6) is 0.441. The van der Waals surface area contributed by atoms with Gasteiger partial charge in [-0.15, -0.1) is 0 Å². The molecule has 2 rings (SSSR count). The van der Waals surface area contributed by atoms with Gasteiger partial charge in [-0.25, -0.2) is 13.4 Å². The fraction of sp³-hybridized carbons (Fsp3) is 0.636. The number of aromatic nitrogens is 2. The summed E-state index contributed by atoms with van der Waals surface area (Å²) >= 11 is 0. The smallest absolute Gasteiger partial charge is 0.280 e. The minimum Gasteiger partial charge on any atom is -0.341 e. The fourth-order valence-electron chi connectivity index (χ4n) is 2.29. The van der Waals surface area contributed by atoms with Gasteiger partial charge in [0.2, 0.25) is 5.91 Å². The molecule has 0 bridgehead atoms. The second-order valence-corrected chi connectivity index (χ2v) is 7.19. The minimum absolute atomic E-state index is 0.0171. The van der Waals surface area contributed by atoms with Crippen molar-refractivity contribution in [3.05, 3.63) is 12.0 Å².